The molecule has 0 aliphatic carbocycles. The van der Waals surface area contributed by atoms with Crippen LogP contribution in [0.5, 0.6) is 5.75 Å². The lowest BCUT2D eigenvalue weighted by atomic mass is 10.0. The summed E-state index contributed by atoms with van der Waals surface area (Å²) in [6.45, 7) is 2.65. The van der Waals surface area contributed by atoms with Crippen LogP contribution in [0, 0.1) is 0 Å². The van der Waals surface area contributed by atoms with Crippen molar-refractivity contribution in [1.82, 2.24) is 9.97 Å². The van der Waals surface area contributed by atoms with Gasteiger partial charge in [0, 0.05) is 34.0 Å². The zero-order valence-electron chi connectivity index (χ0n) is 11.7. The number of hydrogen-bond acceptors (Lipinski definition) is 3. The molecule has 0 fully saturated rings. The zero-order chi connectivity index (χ0) is 14.7. The van der Waals surface area contributed by atoms with E-state index in [-0.39, 0.29) is 0 Å². The molecular weight excluding hydrogens is 328 g/mol. The van der Waals surface area contributed by atoms with Crippen LogP contribution in [0.4, 0.5) is 0 Å². The van der Waals surface area contributed by atoms with Crippen LogP contribution in [0.3, 0.4) is 0 Å². The average molecular weight is 343 g/mol. The van der Waals surface area contributed by atoms with E-state index in [0.717, 1.165) is 33.1 Å². The highest BCUT2D eigenvalue weighted by Gasteiger charge is 2.08. The number of halogens is 1. The monoisotopic (exact) mass is 342 g/mol. The summed E-state index contributed by atoms with van der Waals surface area (Å²) in [6.07, 6.45) is 6.25. The Labute approximate surface area is 132 Å². The molecule has 0 N–H and O–H groups in total. The van der Waals surface area contributed by atoms with E-state index in [2.05, 4.69) is 45.0 Å². The summed E-state index contributed by atoms with van der Waals surface area (Å²) in [5, 5.41) is 1.13. The number of aryl methyl sites for hydroxylation is 1. The lowest BCUT2D eigenvalue weighted by Crippen LogP contribution is -1.99. The number of rotatable bonds is 4. The minimum absolute atomic E-state index is 0.498. The van der Waals surface area contributed by atoms with Crippen molar-refractivity contribution in [2.45, 2.75) is 20.0 Å². The first-order valence-corrected chi connectivity index (χ1v) is 7.66. The lowest BCUT2D eigenvalue weighted by Gasteiger charge is -2.11. The topological polar surface area (TPSA) is 35.0 Å². The van der Waals surface area contributed by atoms with Crippen LogP contribution in [-0.4, -0.2) is 9.97 Å². The summed E-state index contributed by atoms with van der Waals surface area (Å²) >= 11 is 3.60. The molecule has 0 saturated carbocycles. The SMILES string of the molecule is CCc1cc(COc2ccncc2)c2nccc(Br)c2c1. The highest BCUT2D eigenvalue weighted by Crippen LogP contribution is 2.27. The Morgan fingerprint density at radius 1 is 1.10 bits per heavy atom. The smallest absolute Gasteiger partial charge is 0.122 e. The molecule has 4 heteroatoms. The average Bonchev–Trinajstić information content (AvgIpc) is 2.54. The van der Waals surface area contributed by atoms with Crippen LogP contribution in [0.1, 0.15) is 18.1 Å². The van der Waals surface area contributed by atoms with Gasteiger partial charge in [-0.1, -0.05) is 28.9 Å². The maximum Gasteiger partial charge on any atom is 0.122 e. The van der Waals surface area contributed by atoms with Crippen molar-refractivity contribution < 1.29 is 4.74 Å². The Balaban J connectivity index is 1.99. The highest BCUT2D eigenvalue weighted by atomic mass is 79.9. The molecule has 0 atom stereocenters. The molecule has 0 amide bonds. The number of pyridine rings is 2. The fourth-order valence-corrected chi connectivity index (χ4v) is 2.69. The molecule has 0 bridgehead atoms. The van der Waals surface area contributed by atoms with Crippen molar-refractivity contribution in [2.24, 2.45) is 0 Å². The van der Waals surface area contributed by atoms with E-state index < -0.39 is 0 Å². The molecule has 3 nitrogen and oxygen atoms in total. The Morgan fingerprint density at radius 2 is 1.90 bits per heavy atom. The minimum Gasteiger partial charge on any atom is -0.489 e. The van der Waals surface area contributed by atoms with Crippen LogP contribution in [0.2, 0.25) is 0 Å². The van der Waals surface area contributed by atoms with E-state index in [1.54, 1.807) is 12.4 Å². The van der Waals surface area contributed by atoms with Crippen molar-refractivity contribution in [3.8, 4) is 5.75 Å². The third-order valence-corrected chi connectivity index (χ3v) is 4.07. The fraction of sp³-hybridized carbons (Fsp3) is 0.176. The van der Waals surface area contributed by atoms with E-state index in [4.69, 9.17) is 4.74 Å². The summed E-state index contributed by atoms with van der Waals surface area (Å²) in [5.74, 6) is 0.815. The number of aromatic nitrogens is 2. The quantitative estimate of drug-likeness (QED) is 0.698. The third-order valence-electron chi connectivity index (χ3n) is 3.38. The molecule has 3 aromatic rings. The van der Waals surface area contributed by atoms with E-state index >= 15 is 0 Å². The van der Waals surface area contributed by atoms with Crippen LogP contribution in [-0.2, 0) is 13.0 Å². The zero-order valence-corrected chi connectivity index (χ0v) is 13.3. The van der Waals surface area contributed by atoms with Crippen molar-refractivity contribution in [1.29, 1.82) is 0 Å². The molecule has 21 heavy (non-hydrogen) atoms. The number of fused-ring (bicyclic) bond motifs is 1. The molecular formula is C17H15BrN2O. The largest absolute Gasteiger partial charge is 0.489 e. The predicted molar refractivity (Wildman–Crippen MR) is 87.4 cm³/mol. The van der Waals surface area contributed by atoms with Gasteiger partial charge in [-0.2, -0.15) is 0 Å². The summed E-state index contributed by atoms with van der Waals surface area (Å²) in [6, 6.07) is 10.0. The van der Waals surface area contributed by atoms with E-state index in [9.17, 15) is 0 Å². The first-order valence-electron chi connectivity index (χ1n) is 6.86. The summed E-state index contributed by atoms with van der Waals surface area (Å²) in [4.78, 5) is 8.50. The van der Waals surface area contributed by atoms with Gasteiger partial charge >= 0.3 is 0 Å². The minimum atomic E-state index is 0.498. The Morgan fingerprint density at radius 3 is 2.67 bits per heavy atom. The van der Waals surface area contributed by atoms with Crippen molar-refractivity contribution in [2.75, 3.05) is 0 Å². The predicted octanol–water partition coefficient (Wildman–Crippen LogP) is 4.53. The molecule has 0 radical (unpaired) electrons. The maximum absolute atomic E-state index is 5.84. The molecule has 0 aliphatic rings. The molecule has 0 spiro atoms. The van der Waals surface area contributed by atoms with Crippen LogP contribution in [0.15, 0.2) is 53.4 Å². The van der Waals surface area contributed by atoms with Gasteiger partial charge in [0.2, 0.25) is 0 Å². The Kier molecular flexibility index (Phi) is 4.15. The summed E-state index contributed by atoms with van der Waals surface area (Å²) in [7, 11) is 0. The number of ether oxygens (including phenoxy) is 1. The molecule has 2 aromatic heterocycles. The second-order valence-electron chi connectivity index (χ2n) is 4.77. The van der Waals surface area contributed by atoms with Gasteiger partial charge in [-0.3, -0.25) is 9.97 Å². The highest BCUT2D eigenvalue weighted by molar-refractivity contribution is 9.10. The van der Waals surface area contributed by atoms with E-state index in [1.165, 1.54) is 5.56 Å². The maximum atomic E-state index is 5.84. The van der Waals surface area contributed by atoms with Gasteiger partial charge in [-0.25, -0.2) is 0 Å². The van der Waals surface area contributed by atoms with Crippen molar-refractivity contribution in [3.63, 3.8) is 0 Å². The molecule has 0 saturated heterocycles. The summed E-state index contributed by atoms with van der Waals surface area (Å²) < 4.78 is 6.91. The molecule has 0 unspecified atom stereocenters. The first kappa shape index (κ1) is 14.0. The van der Waals surface area contributed by atoms with Gasteiger partial charge in [0.05, 0.1) is 5.52 Å². The molecule has 3 rings (SSSR count). The molecule has 0 aliphatic heterocycles. The normalized spacial score (nSPS) is 10.8. The van der Waals surface area contributed by atoms with E-state index in [1.807, 2.05) is 24.4 Å². The third kappa shape index (κ3) is 3.05. The number of nitrogens with zero attached hydrogens (tertiary/aromatic N) is 2. The van der Waals surface area contributed by atoms with Crippen LogP contribution >= 0.6 is 15.9 Å². The fourth-order valence-electron chi connectivity index (χ4n) is 2.27. The molecule has 1 aromatic carbocycles. The van der Waals surface area contributed by atoms with Crippen molar-refractivity contribution >= 4 is 26.8 Å². The van der Waals surface area contributed by atoms with Gasteiger partial charge in [-0.05, 0) is 36.2 Å². The molecule has 2 heterocycles. The van der Waals surface area contributed by atoms with Gasteiger partial charge in [0.1, 0.15) is 12.4 Å². The number of benzene rings is 1. The number of hydrogen-bond donors (Lipinski definition) is 0. The van der Waals surface area contributed by atoms with Crippen LogP contribution < -0.4 is 4.74 Å². The lowest BCUT2D eigenvalue weighted by molar-refractivity contribution is 0.307. The van der Waals surface area contributed by atoms with Gasteiger partial charge in [0.15, 0.2) is 0 Å². The second kappa shape index (κ2) is 6.22. The van der Waals surface area contributed by atoms with Gasteiger partial charge in [-0.15, -0.1) is 0 Å². The standard InChI is InChI=1S/C17H15BrN2O/c1-2-12-9-13(11-21-14-3-6-19-7-4-14)17-15(10-12)16(18)5-8-20-17/h3-10H,2,11H2,1H3. The molecule has 106 valence electrons. The Bertz CT molecular complexity index is 759. The van der Waals surface area contributed by atoms with Gasteiger partial charge < -0.3 is 4.74 Å². The Hall–Kier alpha value is -1.94. The first-order chi connectivity index (χ1) is 10.3. The van der Waals surface area contributed by atoms with Gasteiger partial charge in [0.25, 0.3) is 0 Å². The second-order valence-corrected chi connectivity index (χ2v) is 5.62. The van der Waals surface area contributed by atoms with Crippen molar-refractivity contribution in [3.05, 3.63) is 64.5 Å². The summed E-state index contributed by atoms with van der Waals surface area (Å²) in [5.41, 5.74) is 3.36. The van der Waals surface area contributed by atoms with Crippen LogP contribution in [0.25, 0.3) is 10.9 Å². The van der Waals surface area contributed by atoms with E-state index in [0.29, 0.717) is 6.61 Å².